The Morgan fingerprint density at radius 2 is 2.31 bits per heavy atom. The van der Waals surface area contributed by atoms with Gasteiger partial charge in [-0.25, -0.2) is 0 Å². The molecule has 0 aliphatic heterocycles. The molecule has 0 saturated carbocycles. The number of anilines is 1. The highest BCUT2D eigenvalue weighted by molar-refractivity contribution is 5.81. The van der Waals surface area contributed by atoms with Gasteiger partial charge in [-0.1, -0.05) is 6.92 Å². The van der Waals surface area contributed by atoms with E-state index in [1.54, 1.807) is 10.9 Å². The van der Waals surface area contributed by atoms with Gasteiger partial charge < -0.3 is 5.73 Å². The van der Waals surface area contributed by atoms with Crippen LogP contribution in [0.2, 0.25) is 0 Å². The minimum absolute atomic E-state index is 0.730. The standard InChI is InChI=1S/C9H12N4/c1-3-6-7(10)4-11-8-5-13(2)12-9(6)8/h4-5H,3,10H2,1-2H3. The van der Waals surface area contributed by atoms with Crippen LogP contribution in [0, 0.1) is 0 Å². The van der Waals surface area contributed by atoms with Crippen molar-refractivity contribution in [2.45, 2.75) is 13.3 Å². The average Bonchev–Trinajstić information content (AvgIpc) is 2.45. The maximum atomic E-state index is 5.79. The molecule has 2 aromatic rings. The number of rotatable bonds is 1. The van der Waals surface area contributed by atoms with Gasteiger partial charge in [0.1, 0.15) is 11.0 Å². The van der Waals surface area contributed by atoms with Crippen molar-refractivity contribution in [3.8, 4) is 0 Å². The molecule has 0 aliphatic carbocycles. The topological polar surface area (TPSA) is 56.7 Å². The number of aromatic nitrogens is 3. The number of hydrogen-bond donors (Lipinski definition) is 1. The summed E-state index contributed by atoms with van der Waals surface area (Å²) in [7, 11) is 1.89. The van der Waals surface area contributed by atoms with Crippen molar-refractivity contribution in [2.24, 2.45) is 7.05 Å². The molecule has 2 heterocycles. The molecule has 68 valence electrons. The van der Waals surface area contributed by atoms with E-state index in [4.69, 9.17) is 5.73 Å². The highest BCUT2D eigenvalue weighted by atomic mass is 15.3. The molecule has 0 atom stereocenters. The molecule has 2 N–H and O–H groups in total. The largest absolute Gasteiger partial charge is 0.397 e. The summed E-state index contributed by atoms with van der Waals surface area (Å²) in [5.74, 6) is 0. The molecule has 0 unspecified atom stereocenters. The lowest BCUT2D eigenvalue weighted by atomic mass is 10.1. The second-order valence-corrected chi connectivity index (χ2v) is 3.08. The van der Waals surface area contributed by atoms with E-state index in [2.05, 4.69) is 17.0 Å². The van der Waals surface area contributed by atoms with E-state index in [1.807, 2.05) is 13.2 Å². The molecule has 0 aromatic carbocycles. The highest BCUT2D eigenvalue weighted by Crippen LogP contribution is 2.20. The third kappa shape index (κ3) is 1.14. The van der Waals surface area contributed by atoms with E-state index in [0.29, 0.717) is 0 Å². The Labute approximate surface area is 76.4 Å². The molecule has 4 heteroatoms. The van der Waals surface area contributed by atoms with E-state index in [-0.39, 0.29) is 0 Å². The minimum atomic E-state index is 0.730. The maximum Gasteiger partial charge on any atom is 0.116 e. The molecule has 2 aromatic heterocycles. The number of fused-ring (bicyclic) bond motifs is 1. The third-order valence-corrected chi connectivity index (χ3v) is 2.14. The van der Waals surface area contributed by atoms with E-state index < -0.39 is 0 Å². The highest BCUT2D eigenvalue weighted by Gasteiger charge is 2.07. The lowest BCUT2D eigenvalue weighted by Gasteiger charge is -2.01. The Morgan fingerprint density at radius 3 is 3.00 bits per heavy atom. The summed E-state index contributed by atoms with van der Waals surface area (Å²) in [5, 5.41) is 4.32. The van der Waals surface area contributed by atoms with Crippen LogP contribution in [-0.4, -0.2) is 14.8 Å². The van der Waals surface area contributed by atoms with E-state index >= 15 is 0 Å². The van der Waals surface area contributed by atoms with E-state index in [0.717, 1.165) is 28.7 Å². The van der Waals surface area contributed by atoms with Crippen LogP contribution in [0.3, 0.4) is 0 Å². The number of nitrogen functional groups attached to an aromatic ring is 1. The monoisotopic (exact) mass is 176 g/mol. The SMILES string of the molecule is CCc1c(N)cnc2cn(C)nc12. The van der Waals surface area contributed by atoms with Crippen molar-refractivity contribution in [2.75, 3.05) is 5.73 Å². The maximum absolute atomic E-state index is 5.79. The van der Waals surface area contributed by atoms with Crippen LogP contribution in [0.1, 0.15) is 12.5 Å². The summed E-state index contributed by atoms with van der Waals surface area (Å²) >= 11 is 0. The number of nitrogens with zero attached hydrogens (tertiary/aromatic N) is 3. The Hall–Kier alpha value is -1.58. The number of pyridine rings is 1. The second kappa shape index (κ2) is 2.73. The van der Waals surface area contributed by atoms with Gasteiger partial charge in [-0.05, 0) is 6.42 Å². The fourth-order valence-corrected chi connectivity index (χ4v) is 1.51. The van der Waals surface area contributed by atoms with E-state index in [1.165, 1.54) is 0 Å². The zero-order valence-corrected chi connectivity index (χ0v) is 7.78. The predicted molar refractivity (Wildman–Crippen MR) is 52.3 cm³/mol. The van der Waals surface area contributed by atoms with E-state index in [9.17, 15) is 0 Å². The minimum Gasteiger partial charge on any atom is -0.397 e. The number of nitrogens with two attached hydrogens (primary N) is 1. The quantitative estimate of drug-likeness (QED) is 0.708. The Kier molecular flexibility index (Phi) is 1.69. The molecule has 0 spiro atoms. The van der Waals surface area contributed by atoms with Gasteiger partial charge in [-0.2, -0.15) is 5.10 Å². The second-order valence-electron chi connectivity index (χ2n) is 3.08. The molecule has 0 fully saturated rings. The number of hydrogen-bond acceptors (Lipinski definition) is 3. The molecule has 0 bridgehead atoms. The Morgan fingerprint density at radius 1 is 1.54 bits per heavy atom. The van der Waals surface area contributed by atoms with Gasteiger partial charge in [-0.15, -0.1) is 0 Å². The zero-order chi connectivity index (χ0) is 9.42. The first-order valence-electron chi connectivity index (χ1n) is 4.29. The smallest absolute Gasteiger partial charge is 0.116 e. The van der Waals surface area contributed by atoms with Crippen molar-refractivity contribution in [3.05, 3.63) is 18.0 Å². The molecule has 2 rings (SSSR count). The van der Waals surface area contributed by atoms with Crippen LogP contribution in [0.4, 0.5) is 5.69 Å². The van der Waals surface area contributed by atoms with Crippen molar-refractivity contribution in [1.82, 2.24) is 14.8 Å². The average molecular weight is 176 g/mol. The molecule has 0 saturated heterocycles. The van der Waals surface area contributed by atoms with Gasteiger partial charge in [0, 0.05) is 12.6 Å². The summed E-state index contributed by atoms with van der Waals surface area (Å²) in [6.45, 7) is 2.07. The molecule has 0 amide bonds. The fraction of sp³-hybridized carbons (Fsp3) is 0.333. The Balaban J connectivity index is 2.82. The lowest BCUT2D eigenvalue weighted by molar-refractivity contribution is 0.778. The first-order chi connectivity index (χ1) is 6.22. The van der Waals surface area contributed by atoms with Gasteiger partial charge in [-0.3, -0.25) is 9.67 Å². The summed E-state index contributed by atoms with van der Waals surface area (Å²) in [6.07, 6.45) is 4.48. The Bertz CT molecular complexity index is 444. The van der Waals surface area contributed by atoms with Crippen LogP contribution >= 0.6 is 0 Å². The van der Waals surface area contributed by atoms with Gasteiger partial charge in [0.15, 0.2) is 0 Å². The summed E-state index contributed by atoms with van der Waals surface area (Å²) in [5.41, 5.74) is 9.45. The van der Waals surface area contributed by atoms with Gasteiger partial charge >= 0.3 is 0 Å². The first-order valence-corrected chi connectivity index (χ1v) is 4.29. The van der Waals surface area contributed by atoms with Crippen LogP contribution in [0.15, 0.2) is 12.4 Å². The summed E-state index contributed by atoms with van der Waals surface area (Å²) < 4.78 is 1.76. The lowest BCUT2D eigenvalue weighted by Crippen LogP contribution is -1.95. The van der Waals surface area contributed by atoms with Crippen LogP contribution in [0.5, 0.6) is 0 Å². The summed E-state index contributed by atoms with van der Waals surface area (Å²) in [6, 6.07) is 0. The van der Waals surface area contributed by atoms with Crippen LogP contribution in [-0.2, 0) is 13.5 Å². The molecule has 0 radical (unpaired) electrons. The molecular formula is C9H12N4. The predicted octanol–water partition coefficient (Wildman–Crippen LogP) is 1.11. The molecule has 4 nitrogen and oxygen atoms in total. The van der Waals surface area contributed by atoms with Crippen molar-refractivity contribution >= 4 is 16.7 Å². The van der Waals surface area contributed by atoms with Crippen LogP contribution in [0.25, 0.3) is 11.0 Å². The zero-order valence-electron chi connectivity index (χ0n) is 7.78. The van der Waals surface area contributed by atoms with Gasteiger partial charge in [0.25, 0.3) is 0 Å². The molecule has 0 aliphatic rings. The molecule has 13 heavy (non-hydrogen) atoms. The third-order valence-electron chi connectivity index (χ3n) is 2.14. The van der Waals surface area contributed by atoms with Crippen LogP contribution < -0.4 is 5.73 Å². The normalized spacial score (nSPS) is 10.9. The summed E-state index contributed by atoms with van der Waals surface area (Å²) in [4.78, 5) is 4.20. The van der Waals surface area contributed by atoms with Crippen molar-refractivity contribution in [3.63, 3.8) is 0 Å². The molecular weight excluding hydrogens is 164 g/mol. The van der Waals surface area contributed by atoms with Gasteiger partial charge in [0.05, 0.1) is 18.1 Å². The van der Waals surface area contributed by atoms with Gasteiger partial charge in [0.2, 0.25) is 0 Å². The fourth-order valence-electron chi connectivity index (χ4n) is 1.51. The first kappa shape index (κ1) is 8.04. The number of aryl methyl sites for hydroxylation is 2. The van der Waals surface area contributed by atoms with Crippen molar-refractivity contribution < 1.29 is 0 Å². The van der Waals surface area contributed by atoms with Crippen molar-refractivity contribution in [1.29, 1.82) is 0 Å².